The van der Waals surface area contributed by atoms with Gasteiger partial charge in [-0.05, 0) is 53.7 Å². The number of allylic oxidation sites excluding steroid dienone is 4. The van der Waals surface area contributed by atoms with Crippen LogP contribution in [-0.4, -0.2) is 35.3 Å². The maximum atomic E-state index is 9.75. The Morgan fingerprint density at radius 2 is 0.867 bits per heavy atom. The fourth-order valence-electron chi connectivity index (χ4n) is 2.71. The van der Waals surface area contributed by atoms with E-state index in [1.807, 2.05) is 0 Å². The molecule has 0 bridgehead atoms. The van der Waals surface area contributed by atoms with Gasteiger partial charge in [-0.2, -0.15) is 0 Å². The molecule has 0 spiro atoms. The summed E-state index contributed by atoms with van der Waals surface area (Å²) >= 11 is 0. The van der Waals surface area contributed by atoms with E-state index in [1.54, 1.807) is 0 Å². The van der Waals surface area contributed by atoms with Crippen LogP contribution in [0.4, 0.5) is 17.3 Å². The van der Waals surface area contributed by atoms with Crippen LogP contribution in [0.15, 0.2) is 24.3 Å². The minimum absolute atomic E-state index is 0. The van der Waals surface area contributed by atoms with Crippen molar-refractivity contribution in [3.05, 3.63) is 24.3 Å². The molecular weight excluding hydrogens is 516 g/mol. The third kappa shape index (κ3) is 23.4. The van der Waals surface area contributed by atoms with Crippen molar-refractivity contribution in [1.29, 1.82) is 0 Å². The summed E-state index contributed by atoms with van der Waals surface area (Å²) in [7, 11) is -5.78. The van der Waals surface area contributed by atoms with Crippen LogP contribution in [-0.2, 0) is 19.5 Å². The van der Waals surface area contributed by atoms with E-state index in [0.717, 1.165) is 0 Å². The first-order valence-electron chi connectivity index (χ1n) is 10.4. The standard InChI is InChI=1S/C14H32P2.C8H12.BF4.Rh/c1-12(2,3)15(10)11-16(13(4,5)6)14(7,8)9;1-2-4-6-8-7-5-3-1;2-1(3,4)5;/h11H2,1-10H3;1-2,7-8H,3-6H2;;/q;;-1;. The van der Waals surface area contributed by atoms with Crippen LogP contribution in [0.3, 0.4) is 0 Å². The largest absolute Gasteiger partial charge is 0.673 e. The Balaban J connectivity index is -0.000000431. The van der Waals surface area contributed by atoms with Gasteiger partial charge in [0, 0.05) is 19.5 Å². The molecule has 0 aromatic rings. The summed E-state index contributed by atoms with van der Waals surface area (Å²) in [5, 5.41) is 1.47. The SMILES string of the molecule is C1=CCCC=CCC1.CP(CP(C(C)(C)C)C(C)(C)C)C(C)(C)C.F[B-](F)(F)F.[Rh]. The van der Waals surface area contributed by atoms with Gasteiger partial charge >= 0.3 is 7.25 Å². The van der Waals surface area contributed by atoms with Gasteiger partial charge in [-0.1, -0.05) is 102 Å². The average Bonchev–Trinajstić information content (AvgIpc) is 2.38. The van der Waals surface area contributed by atoms with E-state index in [4.69, 9.17) is 0 Å². The van der Waals surface area contributed by atoms with Crippen molar-refractivity contribution in [2.75, 3.05) is 12.6 Å². The van der Waals surface area contributed by atoms with E-state index in [0.29, 0.717) is 15.5 Å². The Labute approximate surface area is 199 Å². The zero-order valence-corrected chi connectivity index (χ0v) is 24.1. The fraction of sp³-hybridized carbons (Fsp3) is 0.818. The molecule has 0 saturated carbocycles. The predicted octanol–water partition coefficient (Wildman–Crippen LogP) is 9.90. The third-order valence-electron chi connectivity index (χ3n) is 4.45. The van der Waals surface area contributed by atoms with Gasteiger partial charge in [0.2, 0.25) is 0 Å². The van der Waals surface area contributed by atoms with Gasteiger partial charge in [0.25, 0.3) is 0 Å². The van der Waals surface area contributed by atoms with E-state index < -0.39 is 7.25 Å². The van der Waals surface area contributed by atoms with Crippen molar-refractivity contribution in [1.82, 2.24) is 0 Å². The quantitative estimate of drug-likeness (QED) is 0.137. The molecule has 30 heavy (non-hydrogen) atoms. The zero-order valence-electron chi connectivity index (χ0n) is 20.7. The van der Waals surface area contributed by atoms with Crippen LogP contribution >= 0.6 is 15.8 Å². The van der Waals surface area contributed by atoms with Crippen molar-refractivity contribution >= 4 is 23.1 Å². The number of rotatable bonds is 2. The fourth-order valence-corrected chi connectivity index (χ4v) is 11.5. The predicted molar refractivity (Wildman–Crippen MR) is 131 cm³/mol. The Morgan fingerprint density at radius 3 is 1.03 bits per heavy atom. The summed E-state index contributed by atoms with van der Waals surface area (Å²) in [6.07, 6.45) is 14.0. The molecule has 1 atom stereocenters. The number of hydrogen-bond acceptors (Lipinski definition) is 0. The van der Waals surface area contributed by atoms with E-state index in [2.05, 4.69) is 93.3 Å². The van der Waals surface area contributed by atoms with Crippen molar-refractivity contribution in [3.8, 4) is 0 Å². The second-order valence-electron chi connectivity index (χ2n) is 10.4. The monoisotopic (exact) mass is 560 g/mol. The first-order chi connectivity index (χ1) is 12.8. The van der Waals surface area contributed by atoms with Crippen LogP contribution in [0.2, 0.25) is 0 Å². The maximum absolute atomic E-state index is 9.75. The molecular formula is C22H44BF4P2Rh-. The second-order valence-corrected chi connectivity index (χ2v) is 17.8. The molecule has 0 nitrogen and oxygen atoms in total. The minimum atomic E-state index is -6.00. The third-order valence-corrected chi connectivity index (χ3v) is 12.8. The summed E-state index contributed by atoms with van der Waals surface area (Å²) in [4.78, 5) is 0. The van der Waals surface area contributed by atoms with Crippen molar-refractivity contribution in [3.63, 3.8) is 0 Å². The van der Waals surface area contributed by atoms with E-state index in [1.165, 1.54) is 31.6 Å². The molecule has 8 heteroatoms. The smallest absolute Gasteiger partial charge is 0.418 e. The Kier molecular flexibility index (Phi) is 18.3. The first-order valence-corrected chi connectivity index (χ1v) is 13.9. The number of halogens is 4. The molecule has 0 saturated heterocycles. The van der Waals surface area contributed by atoms with Crippen LogP contribution in [0.5, 0.6) is 0 Å². The van der Waals surface area contributed by atoms with E-state index in [-0.39, 0.29) is 35.3 Å². The van der Waals surface area contributed by atoms with Crippen LogP contribution in [0, 0.1) is 0 Å². The molecule has 1 aliphatic carbocycles. The normalized spacial score (nSPS) is 16.2. The number of hydrogen-bond donors (Lipinski definition) is 0. The van der Waals surface area contributed by atoms with Gasteiger partial charge in [-0.15, -0.1) is 0 Å². The molecule has 0 amide bonds. The summed E-state index contributed by atoms with van der Waals surface area (Å²) in [6.45, 7) is 24.2. The summed E-state index contributed by atoms with van der Waals surface area (Å²) < 4.78 is 39.0. The summed E-state index contributed by atoms with van der Waals surface area (Å²) in [6, 6.07) is 0. The molecule has 0 aromatic heterocycles. The van der Waals surface area contributed by atoms with E-state index >= 15 is 0 Å². The van der Waals surface area contributed by atoms with Gasteiger partial charge in [0.15, 0.2) is 0 Å². The molecule has 1 radical (unpaired) electrons. The van der Waals surface area contributed by atoms with Crippen molar-refractivity contribution < 1.29 is 36.7 Å². The second kappa shape index (κ2) is 15.6. The molecule has 1 unspecified atom stereocenters. The zero-order chi connectivity index (χ0) is 23.5. The Bertz CT molecular complexity index is 441. The minimum Gasteiger partial charge on any atom is -0.418 e. The molecule has 183 valence electrons. The Morgan fingerprint density at radius 1 is 0.633 bits per heavy atom. The molecule has 0 heterocycles. The van der Waals surface area contributed by atoms with Crippen LogP contribution in [0.25, 0.3) is 0 Å². The van der Waals surface area contributed by atoms with Crippen LogP contribution < -0.4 is 0 Å². The summed E-state index contributed by atoms with van der Waals surface area (Å²) in [5.74, 6) is 1.46. The van der Waals surface area contributed by atoms with Gasteiger partial charge in [-0.25, -0.2) is 0 Å². The maximum Gasteiger partial charge on any atom is 0.673 e. The molecule has 0 fully saturated rings. The van der Waals surface area contributed by atoms with Gasteiger partial charge in [-0.3, -0.25) is 0 Å². The van der Waals surface area contributed by atoms with Gasteiger partial charge in [0.1, 0.15) is 0 Å². The molecule has 1 aliphatic rings. The van der Waals surface area contributed by atoms with E-state index in [9.17, 15) is 17.3 Å². The topological polar surface area (TPSA) is 0 Å². The molecule has 0 N–H and O–H groups in total. The van der Waals surface area contributed by atoms with Gasteiger partial charge < -0.3 is 17.3 Å². The van der Waals surface area contributed by atoms with Crippen molar-refractivity contribution in [2.24, 2.45) is 0 Å². The molecule has 1 rings (SSSR count). The Hall–Kier alpha value is 0.748. The average molecular weight is 560 g/mol. The van der Waals surface area contributed by atoms with Gasteiger partial charge in [0.05, 0.1) is 0 Å². The summed E-state index contributed by atoms with van der Waals surface area (Å²) in [5.41, 5.74) is 0. The molecule has 0 aliphatic heterocycles. The molecule has 0 aromatic carbocycles. The van der Waals surface area contributed by atoms with Crippen LogP contribution in [0.1, 0.15) is 88.0 Å². The van der Waals surface area contributed by atoms with Crippen molar-refractivity contribution in [2.45, 2.75) is 103 Å². The first kappa shape index (κ1) is 35.3.